The maximum Gasteiger partial charge on any atom is 0.258 e. The standard InChI is InChI=1S/C10H10N4O4S/c11-5-10(14-13-7-16)19(17,18)9-3-1-2-8(4-9)12-6-15/h1-4,10,14H,5,11H2. The van der Waals surface area contributed by atoms with Crippen LogP contribution in [0.1, 0.15) is 0 Å². The Balaban J connectivity index is 3.21. The summed E-state index contributed by atoms with van der Waals surface area (Å²) >= 11 is 0. The highest BCUT2D eigenvalue weighted by molar-refractivity contribution is 7.92. The zero-order valence-electron chi connectivity index (χ0n) is 9.61. The molecule has 0 aliphatic carbocycles. The van der Waals surface area contributed by atoms with E-state index in [1.165, 1.54) is 30.3 Å². The molecule has 0 fully saturated rings. The second-order valence-corrected chi connectivity index (χ2v) is 5.43. The van der Waals surface area contributed by atoms with Crippen LogP contribution in [0.15, 0.2) is 39.3 Å². The van der Waals surface area contributed by atoms with E-state index >= 15 is 0 Å². The number of aliphatic imine (C=N–C) groups is 1. The smallest absolute Gasteiger partial charge is 0.258 e. The summed E-state index contributed by atoms with van der Waals surface area (Å²) in [6.45, 7) is -0.297. The highest BCUT2D eigenvalue weighted by Crippen LogP contribution is 2.20. The lowest BCUT2D eigenvalue weighted by atomic mass is 10.3. The van der Waals surface area contributed by atoms with Gasteiger partial charge in [-0.3, -0.25) is 5.43 Å². The van der Waals surface area contributed by atoms with Gasteiger partial charge in [0.2, 0.25) is 15.9 Å². The molecule has 1 atom stereocenters. The number of nitrogens with one attached hydrogen (secondary N) is 1. The van der Waals surface area contributed by atoms with Crippen molar-refractivity contribution in [1.82, 2.24) is 5.43 Å². The highest BCUT2D eigenvalue weighted by atomic mass is 32.2. The van der Waals surface area contributed by atoms with E-state index in [0.29, 0.717) is 0 Å². The highest BCUT2D eigenvalue weighted by Gasteiger charge is 2.26. The Bertz CT molecular complexity index is 645. The van der Waals surface area contributed by atoms with Crippen molar-refractivity contribution in [2.24, 2.45) is 15.8 Å². The van der Waals surface area contributed by atoms with Gasteiger partial charge >= 0.3 is 0 Å². The number of rotatable bonds is 6. The van der Waals surface area contributed by atoms with Gasteiger partial charge in [-0.05, 0) is 18.2 Å². The van der Waals surface area contributed by atoms with Crippen LogP contribution in [-0.4, -0.2) is 32.5 Å². The average molecular weight is 282 g/mol. The van der Waals surface area contributed by atoms with Gasteiger partial charge in [0.05, 0.1) is 10.6 Å². The summed E-state index contributed by atoms with van der Waals surface area (Å²) in [5, 5.41) is 1.72. The number of nitrogens with two attached hydrogens (primary N) is 1. The fourth-order valence-electron chi connectivity index (χ4n) is 1.29. The second kappa shape index (κ2) is 6.58. The molecule has 0 amide bonds. The summed E-state index contributed by atoms with van der Waals surface area (Å²) in [6.07, 6.45) is 2.47. The van der Waals surface area contributed by atoms with Crippen molar-refractivity contribution < 1.29 is 18.0 Å². The normalized spacial score (nSPS) is 11.8. The molecule has 0 radical (unpaired) electrons. The number of hydrogen-bond acceptors (Lipinski definition) is 8. The number of nitrogens with zero attached hydrogens (tertiary/aromatic N) is 2. The second-order valence-electron chi connectivity index (χ2n) is 3.30. The Morgan fingerprint density at radius 3 is 2.63 bits per heavy atom. The first-order valence-corrected chi connectivity index (χ1v) is 6.55. The third-order valence-corrected chi connectivity index (χ3v) is 4.12. The zero-order chi connectivity index (χ0) is 14.3. The summed E-state index contributed by atoms with van der Waals surface area (Å²) in [5.41, 5.74) is 7.55. The van der Waals surface area contributed by atoms with Gasteiger partial charge in [-0.2, -0.15) is 4.99 Å². The molecule has 1 aromatic carbocycles. The molecule has 0 saturated heterocycles. The van der Waals surface area contributed by atoms with Gasteiger partial charge in [-0.1, -0.05) is 11.2 Å². The SMILES string of the molecule is NCC(NN=C=O)S(=O)(=O)c1cccc(N=C=O)c1. The Labute approximate surface area is 108 Å². The third kappa shape index (κ3) is 3.57. The minimum Gasteiger partial charge on any atom is -0.328 e. The molecule has 1 aromatic rings. The Hall–Kier alpha value is -2.31. The number of benzene rings is 1. The molecule has 8 nitrogen and oxygen atoms in total. The van der Waals surface area contributed by atoms with Crippen LogP contribution in [0.4, 0.5) is 5.69 Å². The van der Waals surface area contributed by atoms with Crippen LogP contribution < -0.4 is 11.2 Å². The van der Waals surface area contributed by atoms with Crippen molar-refractivity contribution in [2.75, 3.05) is 6.54 Å². The van der Waals surface area contributed by atoms with Crippen LogP contribution >= 0.6 is 0 Å². The lowest BCUT2D eigenvalue weighted by molar-refractivity contribution is 0.541. The molecule has 0 bridgehead atoms. The molecule has 19 heavy (non-hydrogen) atoms. The summed E-state index contributed by atoms with van der Waals surface area (Å²) in [4.78, 5) is 23.3. The first-order chi connectivity index (χ1) is 9.06. The van der Waals surface area contributed by atoms with Crippen molar-refractivity contribution in [3.05, 3.63) is 24.3 Å². The zero-order valence-corrected chi connectivity index (χ0v) is 10.4. The Kier molecular flexibility index (Phi) is 5.11. The van der Waals surface area contributed by atoms with Crippen LogP contribution in [0.25, 0.3) is 0 Å². The van der Waals surface area contributed by atoms with Crippen molar-refractivity contribution in [3.8, 4) is 0 Å². The maximum absolute atomic E-state index is 12.2. The van der Waals surface area contributed by atoms with Crippen LogP contribution in [0.3, 0.4) is 0 Å². The van der Waals surface area contributed by atoms with Gasteiger partial charge in [-0.15, -0.1) is 0 Å². The van der Waals surface area contributed by atoms with Crippen molar-refractivity contribution in [3.63, 3.8) is 0 Å². The van der Waals surface area contributed by atoms with E-state index in [1.54, 1.807) is 0 Å². The van der Waals surface area contributed by atoms with E-state index < -0.39 is 15.2 Å². The predicted molar refractivity (Wildman–Crippen MR) is 65.5 cm³/mol. The number of hydrogen-bond donors (Lipinski definition) is 2. The van der Waals surface area contributed by atoms with Gasteiger partial charge < -0.3 is 5.73 Å². The predicted octanol–water partition coefficient (Wildman–Crippen LogP) is -0.447. The number of carbonyl (C=O) groups excluding carboxylic acids is 2. The first kappa shape index (κ1) is 14.7. The van der Waals surface area contributed by atoms with Gasteiger partial charge in [0.25, 0.3) is 6.08 Å². The topological polar surface area (TPSA) is 131 Å². The molecule has 0 aliphatic rings. The van der Waals surface area contributed by atoms with Gasteiger partial charge in [0.1, 0.15) is 0 Å². The maximum atomic E-state index is 12.2. The van der Waals surface area contributed by atoms with E-state index in [9.17, 15) is 18.0 Å². The summed E-state index contributed by atoms with van der Waals surface area (Å²) in [5.74, 6) is 0. The van der Waals surface area contributed by atoms with E-state index in [1.807, 2.05) is 0 Å². The number of hydrazone groups is 1. The van der Waals surface area contributed by atoms with E-state index in [0.717, 1.165) is 6.08 Å². The van der Waals surface area contributed by atoms with E-state index in [4.69, 9.17) is 5.73 Å². The van der Waals surface area contributed by atoms with Crippen LogP contribution in [0.5, 0.6) is 0 Å². The first-order valence-electron chi connectivity index (χ1n) is 5.00. The molecule has 3 N–H and O–H groups in total. The van der Waals surface area contributed by atoms with E-state index in [-0.39, 0.29) is 17.1 Å². The van der Waals surface area contributed by atoms with Gasteiger partial charge in [0.15, 0.2) is 5.37 Å². The molecule has 100 valence electrons. The average Bonchev–Trinajstić information content (AvgIpc) is 2.40. The lowest BCUT2D eigenvalue weighted by Gasteiger charge is -2.14. The molecule has 0 heterocycles. The number of sulfone groups is 1. The molecule has 0 saturated carbocycles. The van der Waals surface area contributed by atoms with Crippen molar-refractivity contribution >= 4 is 27.7 Å². The van der Waals surface area contributed by atoms with Crippen LogP contribution in [0.2, 0.25) is 0 Å². The fourth-order valence-corrected chi connectivity index (χ4v) is 2.62. The van der Waals surface area contributed by atoms with Crippen LogP contribution in [0, 0.1) is 0 Å². The monoisotopic (exact) mass is 282 g/mol. The summed E-state index contributed by atoms with van der Waals surface area (Å²) < 4.78 is 24.3. The third-order valence-electron chi connectivity index (χ3n) is 2.16. The molecule has 0 spiro atoms. The largest absolute Gasteiger partial charge is 0.328 e. The number of isocyanates is 2. The minimum atomic E-state index is -3.86. The Morgan fingerprint density at radius 1 is 1.32 bits per heavy atom. The lowest BCUT2D eigenvalue weighted by Crippen LogP contribution is -2.39. The molecule has 1 unspecified atom stereocenters. The molecule has 9 heteroatoms. The molecular weight excluding hydrogens is 272 g/mol. The summed E-state index contributed by atoms with van der Waals surface area (Å²) in [6, 6.07) is 5.36. The molecular formula is C10H10N4O4S. The molecule has 0 aliphatic heterocycles. The summed E-state index contributed by atoms with van der Waals surface area (Å²) in [7, 11) is -3.86. The fraction of sp³-hybridized carbons (Fsp3) is 0.200. The quantitative estimate of drug-likeness (QED) is 0.413. The van der Waals surface area contributed by atoms with Gasteiger partial charge in [-0.25, -0.2) is 18.0 Å². The molecule has 0 aromatic heterocycles. The van der Waals surface area contributed by atoms with Crippen molar-refractivity contribution in [2.45, 2.75) is 10.3 Å². The van der Waals surface area contributed by atoms with Crippen molar-refractivity contribution in [1.29, 1.82) is 0 Å². The Morgan fingerprint density at radius 2 is 2.05 bits per heavy atom. The van der Waals surface area contributed by atoms with Gasteiger partial charge in [0, 0.05) is 6.54 Å². The minimum absolute atomic E-state index is 0.104. The molecule has 1 rings (SSSR count). The van der Waals surface area contributed by atoms with E-state index in [2.05, 4.69) is 15.5 Å². The van der Waals surface area contributed by atoms with Crippen LogP contribution in [-0.2, 0) is 19.4 Å².